The topological polar surface area (TPSA) is 49.4 Å². The highest BCUT2D eigenvalue weighted by molar-refractivity contribution is 5.89. The quantitative estimate of drug-likeness (QED) is 0.825. The first-order chi connectivity index (χ1) is 8.58. The van der Waals surface area contributed by atoms with Gasteiger partial charge >= 0.3 is 0 Å². The van der Waals surface area contributed by atoms with Crippen molar-refractivity contribution < 1.29 is 9.59 Å². The van der Waals surface area contributed by atoms with Gasteiger partial charge in [-0.15, -0.1) is 0 Å². The Morgan fingerprint density at radius 1 is 1.39 bits per heavy atom. The monoisotopic (exact) mass is 252 g/mol. The lowest BCUT2D eigenvalue weighted by Gasteiger charge is -2.32. The van der Waals surface area contributed by atoms with Gasteiger partial charge in [-0.05, 0) is 18.8 Å². The van der Waals surface area contributed by atoms with Crippen LogP contribution in [-0.4, -0.2) is 35.8 Å². The normalized spacial score (nSPS) is 24.6. The van der Waals surface area contributed by atoms with Gasteiger partial charge in [0, 0.05) is 25.6 Å². The Morgan fingerprint density at radius 3 is 2.56 bits per heavy atom. The molecular formula is C14H24N2O2. The van der Waals surface area contributed by atoms with Crippen LogP contribution in [-0.2, 0) is 9.59 Å². The molecule has 1 N–H and O–H groups in total. The van der Waals surface area contributed by atoms with Crippen LogP contribution in [0.2, 0.25) is 0 Å². The Kier molecular flexibility index (Phi) is 4.25. The first-order valence-electron chi connectivity index (χ1n) is 7.15. The summed E-state index contributed by atoms with van der Waals surface area (Å²) in [5.41, 5.74) is 0. The van der Waals surface area contributed by atoms with Crippen LogP contribution in [0.1, 0.15) is 46.0 Å². The van der Waals surface area contributed by atoms with Crippen molar-refractivity contribution in [1.82, 2.24) is 10.2 Å². The number of hydrogen-bond donors (Lipinski definition) is 1. The second-order valence-corrected chi connectivity index (χ2v) is 6.03. The van der Waals surface area contributed by atoms with E-state index in [1.807, 2.05) is 0 Å². The molecule has 2 amide bonds. The van der Waals surface area contributed by atoms with E-state index in [1.165, 1.54) is 12.8 Å². The summed E-state index contributed by atoms with van der Waals surface area (Å²) in [5.74, 6) is 0.565. The molecule has 0 aromatic carbocycles. The van der Waals surface area contributed by atoms with E-state index in [9.17, 15) is 9.59 Å². The SMILES string of the molecule is CC(C)CN(C(=O)C1CNC(=O)C1)C1CCCC1. The molecular weight excluding hydrogens is 228 g/mol. The van der Waals surface area contributed by atoms with Gasteiger partial charge in [-0.3, -0.25) is 9.59 Å². The number of carbonyl (C=O) groups is 2. The molecule has 0 aromatic heterocycles. The number of rotatable bonds is 4. The third-order valence-corrected chi connectivity index (χ3v) is 3.94. The zero-order chi connectivity index (χ0) is 13.1. The summed E-state index contributed by atoms with van der Waals surface area (Å²) in [4.78, 5) is 25.8. The fourth-order valence-corrected chi connectivity index (χ4v) is 3.04. The fourth-order valence-electron chi connectivity index (χ4n) is 3.04. The van der Waals surface area contributed by atoms with E-state index >= 15 is 0 Å². The second kappa shape index (κ2) is 5.72. The maximum atomic E-state index is 12.5. The Hall–Kier alpha value is -1.06. The molecule has 1 saturated carbocycles. The van der Waals surface area contributed by atoms with Crippen molar-refractivity contribution in [3.63, 3.8) is 0 Å². The maximum Gasteiger partial charge on any atom is 0.228 e. The largest absolute Gasteiger partial charge is 0.355 e. The highest BCUT2D eigenvalue weighted by Gasteiger charge is 2.35. The minimum absolute atomic E-state index is 0.0178. The van der Waals surface area contributed by atoms with E-state index in [-0.39, 0.29) is 17.7 Å². The van der Waals surface area contributed by atoms with Crippen molar-refractivity contribution in [2.24, 2.45) is 11.8 Å². The van der Waals surface area contributed by atoms with E-state index < -0.39 is 0 Å². The Labute approximate surface area is 109 Å². The summed E-state index contributed by atoms with van der Waals surface area (Å²) in [6, 6.07) is 0.413. The molecule has 1 aliphatic carbocycles. The Balaban J connectivity index is 2.02. The van der Waals surface area contributed by atoms with Crippen LogP contribution in [0.25, 0.3) is 0 Å². The zero-order valence-electron chi connectivity index (χ0n) is 11.4. The van der Waals surface area contributed by atoms with Crippen LogP contribution in [0.3, 0.4) is 0 Å². The van der Waals surface area contributed by atoms with Crippen molar-refractivity contribution in [3.8, 4) is 0 Å². The van der Waals surface area contributed by atoms with E-state index in [0.717, 1.165) is 19.4 Å². The van der Waals surface area contributed by atoms with Crippen molar-refractivity contribution >= 4 is 11.8 Å². The van der Waals surface area contributed by atoms with E-state index in [0.29, 0.717) is 24.9 Å². The van der Waals surface area contributed by atoms with Gasteiger partial charge in [0.15, 0.2) is 0 Å². The van der Waals surface area contributed by atoms with E-state index in [2.05, 4.69) is 24.1 Å². The molecule has 102 valence electrons. The lowest BCUT2D eigenvalue weighted by molar-refractivity contribution is -0.138. The summed E-state index contributed by atoms with van der Waals surface area (Å²) in [5, 5.41) is 2.76. The van der Waals surface area contributed by atoms with Crippen LogP contribution in [0.5, 0.6) is 0 Å². The average molecular weight is 252 g/mol. The number of nitrogens with one attached hydrogen (secondary N) is 1. The number of amides is 2. The molecule has 2 rings (SSSR count). The van der Waals surface area contributed by atoms with Crippen molar-refractivity contribution in [2.45, 2.75) is 52.0 Å². The third-order valence-electron chi connectivity index (χ3n) is 3.94. The maximum absolute atomic E-state index is 12.5. The van der Waals surface area contributed by atoms with Gasteiger partial charge in [-0.2, -0.15) is 0 Å². The molecule has 1 heterocycles. The minimum atomic E-state index is -0.128. The number of hydrogen-bond acceptors (Lipinski definition) is 2. The fraction of sp³-hybridized carbons (Fsp3) is 0.857. The first kappa shape index (κ1) is 13.4. The number of nitrogens with zero attached hydrogens (tertiary/aromatic N) is 1. The number of carbonyl (C=O) groups excluding carboxylic acids is 2. The average Bonchev–Trinajstić information content (AvgIpc) is 2.95. The predicted octanol–water partition coefficient (Wildman–Crippen LogP) is 1.55. The van der Waals surface area contributed by atoms with Gasteiger partial charge in [-0.1, -0.05) is 26.7 Å². The second-order valence-electron chi connectivity index (χ2n) is 6.03. The molecule has 2 fully saturated rings. The minimum Gasteiger partial charge on any atom is -0.355 e. The summed E-state index contributed by atoms with van der Waals surface area (Å²) < 4.78 is 0. The molecule has 2 aliphatic rings. The van der Waals surface area contributed by atoms with E-state index in [1.54, 1.807) is 0 Å². The highest BCUT2D eigenvalue weighted by atomic mass is 16.2. The molecule has 4 heteroatoms. The summed E-state index contributed by atoms with van der Waals surface area (Å²) in [6.45, 7) is 5.65. The highest BCUT2D eigenvalue weighted by Crippen LogP contribution is 2.26. The molecule has 1 unspecified atom stereocenters. The first-order valence-corrected chi connectivity index (χ1v) is 7.15. The molecule has 1 saturated heterocycles. The molecule has 0 bridgehead atoms. The predicted molar refractivity (Wildman–Crippen MR) is 69.9 cm³/mol. The van der Waals surface area contributed by atoms with Crippen LogP contribution in [0.4, 0.5) is 0 Å². The van der Waals surface area contributed by atoms with Crippen molar-refractivity contribution in [3.05, 3.63) is 0 Å². The third kappa shape index (κ3) is 3.03. The van der Waals surface area contributed by atoms with Gasteiger partial charge in [0.05, 0.1) is 5.92 Å². The molecule has 0 aromatic rings. The summed E-state index contributed by atoms with van der Waals surface area (Å²) in [6.07, 6.45) is 5.10. The van der Waals surface area contributed by atoms with Crippen LogP contribution in [0, 0.1) is 11.8 Å². The van der Waals surface area contributed by atoms with Crippen LogP contribution >= 0.6 is 0 Å². The standard InChI is InChI=1S/C14H24N2O2/c1-10(2)9-16(12-5-3-4-6-12)14(18)11-7-13(17)15-8-11/h10-12H,3-9H2,1-2H3,(H,15,17). The molecule has 4 nitrogen and oxygen atoms in total. The molecule has 1 aliphatic heterocycles. The van der Waals surface area contributed by atoms with Crippen LogP contribution < -0.4 is 5.32 Å². The summed E-state index contributed by atoms with van der Waals surface area (Å²) >= 11 is 0. The van der Waals surface area contributed by atoms with Crippen LogP contribution in [0.15, 0.2) is 0 Å². The van der Waals surface area contributed by atoms with E-state index in [4.69, 9.17) is 0 Å². The van der Waals surface area contributed by atoms with Gasteiger partial charge in [0.25, 0.3) is 0 Å². The van der Waals surface area contributed by atoms with Gasteiger partial charge in [0.1, 0.15) is 0 Å². The smallest absolute Gasteiger partial charge is 0.228 e. The molecule has 1 atom stereocenters. The molecule has 0 radical (unpaired) electrons. The summed E-state index contributed by atoms with van der Waals surface area (Å²) in [7, 11) is 0. The Bertz CT molecular complexity index is 322. The zero-order valence-corrected chi connectivity index (χ0v) is 11.4. The lowest BCUT2D eigenvalue weighted by Crippen LogP contribution is -2.44. The Morgan fingerprint density at radius 2 is 2.06 bits per heavy atom. The van der Waals surface area contributed by atoms with Crippen molar-refractivity contribution in [1.29, 1.82) is 0 Å². The molecule has 18 heavy (non-hydrogen) atoms. The van der Waals surface area contributed by atoms with Gasteiger partial charge < -0.3 is 10.2 Å². The van der Waals surface area contributed by atoms with Gasteiger partial charge in [0.2, 0.25) is 11.8 Å². The molecule has 0 spiro atoms. The van der Waals surface area contributed by atoms with Crippen molar-refractivity contribution in [2.75, 3.05) is 13.1 Å². The van der Waals surface area contributed by atoms with Gasteiger partial charge in [-0.25, -0.2) is 0 Å². The lowest BCUT2D eigenvalue weighted by atomic mass is 10.0.